The van der Waals surface area contributed by atoms with E-state index < -0.39 is 4.92 Å². The maximum Gasteiger partial charge on any atom is 0.333 e. The number of nitro benzene ring substituents is 1. The Balaban J connectivity index is 2.12. The zero-order chi connectivity index (χ0) is 13.1. The van der Waals surface area contributed by atoms with Crippen LogP contribution in [0.4, 0.5) is 11.4 Å². The number of para-hydroxylation sites is 1. The molecule has 1 aromatic carbocycles. The number of rotatable bonds is 6. The Morgan fingerprint density at radius 3 is 2.83 bits per heavy atom. The molecule has 0 spiro atoms. The fraction of sp³-hybridized carbons (Fsp3) is 0.538. The molecular weight excluding hydrogens is 232 g/mol. The molecule has 0 aliphatic heterocycles. The van der Waals surface area contributed by atoms with Crippen LogP contribution >= 0.6 is 0 Å². The molecule has 0 bridgehead atoms. The van der Waals surface area contributed by atoms with Gasteiger partial charge in [-0.3, -0.25) is 10.1 Å². The largest absolute Gasteiger partial charge is 0.490 e. The van der Waals surface area contributed by atoms with E-state index in [0.29, 0.717) is 17.4 Å². The smallest absolute Gasteiger partial charge is 0.333 e. The normalized spacial score (nSPS) is 16.1. The van der Waals surface area contributed by atoms with Crippen molar-refractivity contribution in [2.45, 2.75) is 19.8 Å². The molecule has 0 heterocycles. The first-order valence-electron chi connectivity index (χ1n) is 6.18. The first-order chi connectivity index (χ1) is 8.63. The summed E-state index contributed by atoms with van der Waals surface area (Å²) in [6, 6.07) is 5.09. The minimum atomic E-state index is -0.400. The van der Waals surface area contributed by atoms with Gasteiger partial charge >= 0.3 is 5.69 Å². The number of methoxy groups -OCH3 is 1. The number of nitro groups is 1. The van der Waals surface area contributed by atoms with Crippen molar-refractivity contribution in [1.29, 1.82) is 0 Å². The van der Waals surface area contributed by atoms with Crippen LogP contribution in [0.2, 0.25) is 0 Å². The van der Waals surface area contributed by atoms with Crippen LogP contribution in [0.25, 0.3) is 0 Å². The van der Waals surface area contributed by atoms with Gasteiger partial charge in [0, 0.05) is 6.54 Å². The van der Waals surface area contributed by atoms with Crippen molar-refractivity contribution in [2.24, 2.45) is 11.8 Å². The second-order valence-corrected chi connectivity index (χ2v) is 4.81. The molecule has 1 unspecified atom stereocenters. The van der Waals surface area contributed by atoms with E-state index in [2.05, 4.69) is 12.2 Å². The summed E-state index contributed by atoms with van der Waals surface area (Å²) in [6.07, 6.45) is 2.56. The van der Waals surface area contributed by atoms with Gasteiger partial charge in [-0.05, 0) is 36.8 Å². The van der Waals surface area contributed by atoms with Crippen molar-refractivity contribution in [3.05, 3.63) is 28.3 Å². The summed E-state index contributed by atoms with van der Waals surface area (Å²) in [5, 5.41) is 14.2. The second-order valence-electron chi connectivity index (χ2n) is 4.81. The highest BCUT2D eigenvalue weighted by Crippen LogP contribution is 2.38. The molecule has 0 amide bonds. The summed E-state index contributed by atoms with van der Waals surface area (Å²) in [5.41, 5.74) is 0.551. The van der Waals surface area contributed by atoms with Crippen LogP contribution in [0.15, 0.2) is 18.2 Å². The molecule has 0 aromatic heterocycles. The fourth-order valence-electron chi connectivity index (χ4n) is 2.12. The van der Waals surface area contributed by atoms with Crippen molar-refractivity contribution in [3.63, 3.8) is 0 Å². The van der Waals surface area contributed by atoms with Gasteiger partial charge in [-0.2, -0.15) is 0 Å². The van der Waals surface area contributed by atoms with Crippen molar-refractivity contribution < 1.29 is 9.66 Å². The van der Waals surface area contributed by atoms with E-state index >= 15 is 0 Å². The average molecular weight is 250 g/mol. The average Bonchev–Trinajstić information content (AvgIpc) is 3.19. The van der Waals surface area contributed by atoms with Crippen LogP contribution in [0.5, 0.6) is 5.75 Å². The highest BCUT2D eigenvalue weighted by Gasteiger charge is 2.28. The van der Waals surface area contributed by atoms with E-state index in [1.165, 1.54) is 20.0 Å². The van der Waals surface area contributed by atoms with Gasteiger partial charge < -0.3 is 10.1 Å². The fourth-order valence-corrected chi connectivity index (χ4v) is 2.12. The number of benzene rings is 1. The molecule has 1 aromatic rings. The standard InChI is InChI=1S/C13H18N2O3/c1-9(10-6-7-10)8-14-11-4-3-5-12(18-2)13(11)15(16)17/h3-5,9-10,14H,6-8H2,1-2H3. The Morgan fingerprint density at radius 2 is 2.28 bits per heavy atom. The molecule has 0 radical (unpaired) electrons. The molecule has 0 saturated heterocycles. The zero-order valence-corrected chi connectivity index (χ0v) is 10.7. The number of hydrogen-bond donors (Lipinski definition) is 1. The lowest BCUT2D eigenvalue weighted by atomic mass is 10.1. The number of ether oxygens (including phenoxy) is 1. The minimum Gasteiger partial charge on any atom is -0.490 e. The molecular formula is C13H18N2O3. The summed E-state index contributed by atoms with van der Waals surface area (Å²) in [6.45, 7) is 2.94. The Morgan fingerprint density at radius 1 is 1.56 bits per heavy atom. The Kier molecular flexibility index (Phi) is 3.69. The number of nitrogens with zero attached hydrogens (tertiary/aromatic N) is 1. The third kappa shape index (κ3) is 2.72. The second kappa shape index (κ2) is 5.25. The van der Waals surface area contributed by atoms with Gasteiger partial charge in [-0.25, -0.2) is 0 Å². The summed E-state index contributed by atoms with van der Waals surface area (Å²) in [7, 11) is 1.44. The lowest BCUT2D eigenvalue weighted by Gasteiger charge is -2.13. The molecule has 1 aliphatic carbocycles. The summed E-state index contributed by atoms with van der Waals surface area (Å²) < 4.78 is 5.03. The maximum absolute atomic E-state index is 11.1. The lowest BCUT2D eigenvalue weighted by Crippen LogP contribution is -2.14. The lowest BCUT2D eigenvalue weighted by molar-refractivity contribution is -0.384. The van der Waals surface area contributed by atoms with Crippen molar-refractivity contribution in [3.8, 4) is 5.75 Å². The topological polar surface area (TPSA) is 64.4 Å². The first kappa shape index (κ1) is 12.7. The van der Waals surface area contributed by atoms with Gasteiger partial charge in [0.25, 0.3) is 0 Å². The minimum absolute atomic E-state index is 0.0167. The highest BCUT2D eigenvalue weighted by atomic mass is 16.6. The van der Waals surface area contributed by atoms with Gasteiger partial charge in [-0.1, -0.05) is 13.0 Å². The van der Waals surface area contributed by atoms with E-state index in [9.17, 15) is 10.1 Å². The van der Waals surface area contributed by atoms with Gasteiger partial charge in [0.2, 0.25) is 0 Å². The number of anilines is 1. The van der Waals surface area contributed by atoms with Gasteiger partial charge in [0.15, 0.2) is 5.75 Å². The molecule has 1 atom stereocenters. The van der Waals surface area contributed by atoms with Crippen LogP contribution in [0.1, 0.15) is 19.8 Å². The molecule has 18 heavy (non-hydrogen) atoms. The predicted molar refractivity (Wildman–Crippen MR) is 70.0 cm³/mol. The molecule has 98 valence electrons. The Labute approximate surface area is 106 Å². The Hall–Kier alpha value is -1.78. The molecule has 1 saturated carbocycles. The summed E-state index contributed by atoms with van der Waals surface area (Å²) in [5.74, 6) is 1.63. The van der Waals surface area contributed by atoms with E-state index in [1.807, 2.05) is 0 Å². The van der Waals surface area contributed by atoms with Crippen LogP contribution in [-0.2, 0) is 0 Å². The van der Waals surface area contributed by atoms with Crippen LogP contribution in [0.3, 0.4) is 0 Å². The van der Waals surface area contributed by atoms with Gasteiger partial charge in [0.05, 0.1) is 12.0 Å². The number of hydrogen-bond acceptors (Lipinski definition) is 4. The molecule has 1 N–H and O–H groups in total. The van der Waals surface area contributed by atoms with Crippen LogP contribution < -0.4 is 10.1 Å². The Bertz CT molecular complexity index is 444. The van der Waals surface area contributed by atoms with Crippen molar-refractivity contribution in [2.75, 3.05) is 19.0 Å². The molecule has 1 fully saturated rings. The van der Waals surface area contributed by atoms with Crippen LogP contribution in [-0.4, -0.2) is 18.6 Å². The van der Waals surface area contributed by atoms with Gasteiger partial charge in [0.1, 0.15) is 5.69 Å². The molecule has 1 aliphatic rings. The van der Waals surface area contributed by atoms with Gasteiger partial charge in [-0.15, -0.1) is 0 Å². The zero-order valence-electron chi connectivity index (χ0n) is 10.7. The SMILES string of the molecule is COc1cccc(NCC(C)C2CC2)c1[N+](=O)[O-]. The van der Waals surface area contributed by atoms with Crippen molar-refractivity contribution in [1.82, 2.24) is 0 Å². The van der Waals surface area contributed by atoms with E-state index in [1.54, 1.807) is 18.2 Å². The monoisotopic (exact) mass is 250 g/mol. The van der Waals surface area contributed by atoms with E-state index in [-0.39, 0.29) is 5.69 Å². The summed E-state index contributed by atoms with van der Waals surface area (Å²) in [4.78, 5) is 10.7. The van der Waals surface area contributed by atoms with Crippen LogP contribution in [0, 0.1) is 22.0 Å². The van der Waals surface area contributed by atoms with E-state index in [4.69, 9.17) is 4.74 Å². The number of nitrogens with one attached hydrogen (secondary N) is 1. The molecule has 2 rings (SSSR count). The third-order valence-electron chi connectivity index (χ3n) is 3.44. The van der Waals surface area contributed by atoms with Crippen molar-refractivity contribution >= 4 is 11.4 Å². The van der Waals surface area contributed by atoms with E-state index in [0.717, 1.165) is 12.5 Å². The summed E-state index contributed by atoms with van der Waals surface area (Å²) >= 11 is 0. The maximum atomic E-state index is 11.1. The predicted octanol–water partition coefficient (Wildman–Crippen LogP) is 3.06. The molecule has 5 nitrogen and oxygen atoms in total. The quantitative estimate of drug-likeness (QED) is 0.622. The highest BCUT2D eigenvalue weighted by molar-refractivity contribution is 5.68. The third-order valence-corrected chi connectivity index (χ3v) is 3.44. The molecule has 5 heteroatoms. The first-order valence-corrected chi connectivity index (χ1v) is 6.18.